The topological polar surface area (TPSA) is 104 Å². The number of carboxylic acid groups (broad SMARTS) is 1. The smallest absolute Gasteiger partial charge is 0.335 e. The van der Waals surface area contributed by atoms with Gasteiger partial charge in [0.2, 0.25) is 15.9 Å². The summed E-state index contributed by atoms with van der Waals surface area (Å²) in [4.78, 5) is 22.5. The van der Waals surface area contributed by atoms with Gasteiger partial charge in [-0.15, -0.1) is 0 Å². The SMILES string of the molecule is CCS(=O)(=O)N(C)CCCNC(=O)CCc1ccc(C(=O)O)cc1. The minimum atomic E-state index is -3.18. The van der Waals surface area contributed by atoms with Crippen LogP contribution in [0.2, 0.25) is 0 Å². The number of sulfonamides is 1. The van der Waals surface area contributed by atoms with E-state index in [4.69, 9.17) is 5.11 Å². The highest BCUT2D eigenvalue weighted by Crippen LogP contribution is 2.07. The minimum absolute atomic E-state index is 0.0660. The van der Waals surface area contributed by atoms with Crippen molar-refractivity contribution in [2.24, 2.45) is 0 Å². The number of carboxylic acids is 1. The van der Waals surface area contributed by atoms with Crippen molar-refractivity contribution in [3.05, 3.63) is 35.4 Å². The normalized spacial score (nSPS) is 11.5. The average molecular weight is 356 g/mol. The zero-order valence-electron chi connectivity index (χ0n) is 14.0. The third-order valence-electron chi connectivity index (χ3n) is 3.65. The fourth-order valence-electron chi connectivity index (χ4n) is 2.05. The van der Waals surface area contributed by atoms with Crippen molar-refractivity contribution in [2.75, 3.05) is 25.9 Å². The van der Waals surface area contributed by atoms with Crippen LogP contribution in [0.5, 0.6) is 0 Å². The first kappa shape index (κ1) is 20.1. The molecule has 7 nitrogen and oxygen atoms in total. The molecule has 0 heterocycles. The van der Waals surface area contributed by atoms with Crippen LogP contribution in [-0.4, -0.2) is 55.6 Å². The number of hydrogen-bond acceptors (Lipinski definition) is 4. The summed E-state index contributed by atoms with van der Waals surface area (Å²) in [6.45, 7) is 2.38. The number of carbonyl (C=O) groups excluding carboxylic acids is 1. The van der Waals surface area contributed by atoms with E-state index in [2.05, 4.69) is 5.32 Å². The number of nitrogens with zero attached hydrogens (tertiary/aromatic N) is 1. The predicted octanol–water partition coefficient (Wildman–Crippen LogP) is 1.11. The Hall–Kier alpha value is -1.93. The molecule has 1 amide bonds. The van der Waals surface area contributed by atoms with Gasteiger partial charge < -0.3 is 10.4 Å². The van der Waals surface area contributed by atoms with E-state index in [-0.39, 0.29) is 17.2 Å². The van der Waals surface area contributed by atoms with Gasteiger partial charge in [0, 0.05) is 26.6 Å². The van der Waals surface area contributed by atoms with Crippen molar-refractivity contribution in [2.45, 2.75) is 26.2 Å². The fourth-order valence-corrected chi connectivity index (χ4v) is 2.90. The Labute approximate surface area is 142 Å². The summed E-state index contributed by atoms with van der Waals surface area (Å²) in [5, 5.41) is 11.6. The zero-order valence-corrected chi connectivity index (χ0v) is 14.8. The van der Waals surface area contributed by atoms with Gasteiger partial charge in [-0.2, -0.15) is 0 Å². The van der Waals surface area contributed by atoms with Crippen molar-refractivity contribution in [1.82, 2.24) is 9.62 Å². The highest BCUT2D eigenvalue weighted by Gasteiger charge is 2.14. The first-order valence-electron chi connectivity index (χ1n) is 7.79. The molecule has 0 aliphatic rings. The Balaban J connectivity index is 2.26. The maximum atomic E-state index is 11.8. The molecule has 0 aliphatic carbocycles. The van der Waals surface area contributed by atoms with E-state index in [9.17, 15) is 18.0 Å². The lowest BCUT2D eigenvalue weighted by Crippen LogP contribution is -2.32. The molecule has 0 saturated carbocycles. The zero-order chi connectivity index (χ0) is 18.2. The molecule has 134 valence electrons. The number of nitrogens with one attached hydrogen (secondary N) is 1. The van der Waals surface area contributed by atoms with E-state index in [0.717, 1.165) is 5.56 Å². The third kappa shape index (κ3) is 6.67. The number of aromatic carboxylic acids is 1. The van der Waals surface area contributed by atoms with Crippen LogP contribution in [0, 0.1) is 0 Å². The Morgan fingerprint density at radius 1 is 1.21 bits per heavy atom. The number of carbonyl (C=O) groups is 2. The summed E-state index contributed by atoms with van der Waals surface area (Å²) in [7, 11) is -1.65. The summed E-state index contributed by atoms with van der Waals surface area (Å²) < 4.78 is 24.4. The van der Waals surface area contributed by atoms with Crippen LogP contribution in [0.4, 0.5) is 0 Å². The lowest BCUT2D eigenvalue weighted by atomic mass is 10.1. The van der Waals surface area contributed by atoms with Crippen LogP contribution < -0.4 is 5.32 Å². The fraction of sp³-hybridized carbons (Fsp3) is 0.500. The van der Waals surface area contributed by atoms with E-state index in [0.29, 0.717) is 32.4 Å². The van der Waals surface area contributed by atoms with Crippen molar-refractivity contribution in [3.63, 3.8) is 0 Å². The molecule has 0 unspecified atom stereocenters. The Morgan fingerprint density at radius 2 is 1.83 bits per heavy atom. The van der Waals surface area contributed by atoms with E-state index < -0.39 is 16.0 Å². The second-order valence-corrected chi connectivity index (χ2v) is 7.79. The second kappa shape index (κ2) is 9.39. The molecule has 1 rings (SSSR count). The molecule has 8 heteroatoms. The van der Waals surface area contributed by atoms with Crippen LogP contribution in [0.1, 0.15) is 35.7 Å². The second-order valence-electron chi connectivity index (χ2n) is 5.43. The molecule has 0 bridgehead atoms. The number of hydrogen-bond donors (Lipinski definition) is 2. The van der Waals surface area contributed by atoms with Crippen LogP contribution >= 0.6 is 0 Å². The standard InChI is InChI=1S/C16H24N2O5S/c1-3-24(22,23)18(2)12-4-11-17-15(19)10-7-13-5-8-14(9-6-13)16(20)21/h5-6,8-9H,3-4,7,10-12H2,1-2H3,(H,17,19)(H,20,21). The molecule has 0 saturated heterocycles. The average Bonchev–Trinajstić information content (AvgIpc) is 2.56. The summed E-state index contributed by atoms with van der Waals surface area (Å²) >= 11 is 0. The van der Waals surface area contributed by atoms with Crippen molar-refractivity contribution >= 4 is 21.9 Å². The maximum Gasteiger partial charge on any atom is 0.335 e. The summed E-state index contributed by atoms with van der Waals surface area (Å²) in [5.74, 6) is -1.02. The van der Waals surface area contributed by atoms with E-state index in [1.165, 1.54) is 23.5 Å². The lowest BCUT2D eigenvalue weighted by Gasteiger charge is -2.15. The molecule has 0 fully saturated rings. The molecule has 0 spiro atoms. The van der Waals surface area contributed by atoms with Gasteiger partial charge in [-0.3, -0.25) is 4.79 Å². The van der Waals surface area contributed by atoms with Gasteiger partial charge in [-0.05, 0) is 37.5 Å². The number of amides is 1. The Kier molecular flexibility index (Phi) is 7.87. The maximum absolute atomic E-state index is 11.8. The van der Waals surface area contributed by atoms with Gasteiger partial charge in [0.1, 0.15) is 0 Å². The number of rotatable bonds is 10. The Morgan fingerprint density at radius 3 is 2.38 bits per heavy atom. The van der Waals surface area contributed by atoms with Gasteiger partial charge in [0.05, 0.1) is 11.3 Å². The largest absolute Gasteiger partial charge is 0.478 e. The number of benzene rings is 1. The molecule has 0 radical (unpaired) electrons. The first-order chi connectivity index (χ1) is 11.3. The molecule has 1 aromatic carbocycles. The van der Waals surface area contributed by atoms with Crippen LogP contribution in [-0.2, 0) is 21.2 Å². The molecule has 0 aliphatic heterocycles. The van der Waals surface area contributed by atoms with E-state index >= 15 is 0 Å². The summed E-state index contributed by atoms with van der Waals surface area (Å²) in [6, 6.07) is 6.42. The van der Waals surface area contributed by atoms with Crippen LogP contribution in [0.25, 0.3) is 0 Å². The van der Waals surface area contributed by atoms with Crippen molar-refractivity contribution in [3.8, 4) is 0 Å². The Bertz CT molecular complexity index is 656. The molecule has 1 aromatic rings. The van der Waals surface area contributed by atoms with Crippen molar-refractivity contribution in [1.29, 1.82) is 0 Å². The van der Waals surface area contributed by atoms with E-state index in [1.54, 1.807) is 19.1 Å². The molecular formula is C16H24N2O5S. The van der Waals surface area contributed by atoms with Gasteiger partial charge in [-0.1, -0.05) is 12.1 Å². The first-order valence-corrected chi connectivity index (χ1v) is 9.40. The number of aryl methyl sites for hydroxylation is 1. The van der Waals surface area contributed by atoms with Gasteiger partial charge in [0.25, 0.3) is 0 Å². The minimum Gasteiger partial charge on any atom is -0.478 e. The molecule has 2 N–H and O–H groups in total. The molecule has 0 aromatic heterocycles. The van der Waals surface area contributed by atoms with Crippen LogP contribution in [0.15, 0.2) is 24.3 Å². The van der Waals surface area contributed by atoms with Gasteiger partial charge in [0.15, 0.2) is 0 Å². The highest BCUT2D eigenvalue weighted by molar-refractivity contribution is 7.89. The van der Waals surface area contributed by atoms with Crippen molar-refractivity contribution < 1.29 is 23.1 Å². The monoisotopic (exact) mass is 356 g/mol. The molecular weight excluding hydrogens is 332 g/mol. The van der Waals surface area contributed by atoms with E-state index in [1.807, 2.05) is 0 Å². The quantitative estimate of drug-likeness (QED) is 0.611. The summed E-state index contributed by atoms with van der Waals surface area (Å²) in [5.41, 5.74) is 1.11. The predicted molar refractivity (Wildman–Crippen MR) is 91.4 cm³/mol. The van der Waals surface area contributed by atoms with Gasteiger partial charge in [-0.25, -0.2) is 17.5 Å². The highest BCUT2D eigenvalue weighted by atomic mass is 32.2. The molecule has 24 heavy (non-hydrogen) atoms. The summed E-state index contributed by atoms with van der Waals surface area (Å²) in [6.07, 6.45) is 1.38. The third-order valence-corrected chi connectivity index (χ3v) is 5.52. The lowest BCUT2D eigenvalue weighted by molar-refractivity contribution is -0.121. The molecule has 0 atom stereocenters. The van der Waals surface area contributed by atoms with Crippen LogP contribution in [0.3, 0.4) is 0 Å². The van der Waals surface area contributed by atoms with Gasteiger partial charge >= 0.3 is 5.97 Å².